The quantitative estimate of drug-likeness (QED) is 0.135. The zero-order valence-electron chi connectivity index (χ0n) is 30.4. The molecule has 2 aromatic heterocycles. The average Bonchev–Trinajstić information content (AvgIpc) is 3.83. The van der Waals surface area contributed by atoms with Crippen LogP contribution in [0.5, 0.6) is 22.7 Å². The van der Waals surface area contributed by atoms with Crippen molar-refractivity contribution in [3.63, 3.8) is 0 Å². The summed E-state index contributed by atoms with van der Waals surface area (Å²) in [6.45, 7) is 7.03. The maximum absolute atomic E-state index is 15.6. The Labute approximate surface area is 314 Å². The minimum absolute atomic E-state index is 0.0138. The van der Waals surface area contributed by atoms with Crippen molar-refractivity contribution >= 4 is 44.4 Å². The molecule has 5 atom stereocenters. The number of carbonyl (C=O) groups excluding carboxylic acids is 1. The van der Waals surface area contributed by atoms with Crippen LogP contribution in [0.4, 0.5) is 23.8 Å². The number of amides is 1. The van der Waals surface area contributed by atoms with E-state index in [0.717, 1.165) is 30.7 Å². The molecule has 4 aromatic rings. The topological polar surface area (TPSA) is 112 Å². The fourth-order valence-electron chi connectivity index (χ4n) is 8.31. The normalized spacial score (nSPS) is 25.3. The van der Waals surface area contributed by atoms with Gasteiger partial charge in [-0.25, -0.2) is 18.0 Å². The lowest BCUT2D eigenvalue weighted by molar-refractivity contribution is 0.00951. The van der Waals surface area contributed by atoms with Gasteiger partial charge in [-0.05, 0) is 57.7 Å². The molecule has 0 aliphatic carbocycles. The molecule has 16 heteroatoms. The molecule has 286 valence electrons. The molecule has 0 saturated carbocycles. The first-order chi connectivity index (χ1) is 25.8. The highest BCUT2D eigenvalue weighted by molar-refractivity contribution is 7.19. The van der Waals surface area contributed by atoms with E-state index in [1.54, 1.807) is 39.0 Å². The summed E-state index contributed by atoms with van der Waals surface area (Å²) in [5.74, 6) is 2.81. The second-order valence-electron chi connectivity index (χ2n) is 15.3. The van der Waals surface area contributed by atoms with E-state index in [2.05, 4.69) is 10.8 Å². The Morgan fingerprint density at radius 3 is 2.72 bits per heavy atom. The molecule has 1 unspecified atom stereocenters. The van der Waals surface area contributed by atoms with E-state index in [0.29, 0.717) is 45.7 Å². The molecule has 12 nitrogen and oxygen atoms in total. The van der Waals surface area contributed by atoms with Gasteiger partial charge in [0.05, 0.1) is 23.2 Å². The summed E-state index contributed by atoms with van der Waals surface area (Å²) in [5, 5.41) is 1.07. The number of anilines is 1. The maximum Gasteiger partial charge on any atom is 0.411 e. The van der Waals surface area contributed by atoms with Crippen LogP contribution < -0.4 is 19.1 Å². The van der Waals surface area contributed by atoms with Crippen LogP contribution in [0.2, 0.25) is 0 Å². The van der Waals surface area contributed by atoms with Crippen LogP contribution in [0.1, 0.15) is 52.0 Å². The maximum atomic E-state index is 15.6. The predicted molar refractivity (Wildman–Crippen MR) is 196 cm³/mol. The van der Waals surface area contributed by atoms with Crippen LogP contribution in [0.25, 0.3) is 21.1 Å². The SMILES string of the molecule is C#Cc1c(F)ccc2cc(OCOC)cc(Oc3nc4c(N5C[C@H]6CC(F)[C@@H](C5)N6C(=O)OC(C)(C)C)nc(OC[C@@]56CCCN5C[C@H](F)C6)nc4s3)c12. The average molecular weight is 767 g/mol. The number of thiazole rings is 1. The molecule has 4 saturated heterocycles. The van der Waals surface area contributed by atoms with Crippen LogP contribution in [0.15, 0.2) is 24.3 Å². The van der Waals surface area contributed by atoms with Gasteiger partial charge in [0.1, 0.15) is 47.4 Å². The number of aromatic nitrogens is 3. The van der Waals surface area contributed by atoms with Crippen LogP contribution in [0.3, 0.4) is 0 Å². The van der Waals surface area contributed by atoms with Gasteiger partial charge in [-0.3, -0.25) is 9.80 Å². The van der Waals surface area contributed by atoms with Crippen molar-refractivity contribution in [2.24, 2.45) is 0 Å². The molecule has 4 aliphatic rings. The van der Waals surface area contributed by atoms with E-state index in [-0.39, 0.29) is 55.4 Å². The molecule has 54 heavy (non-hydrogen) atoms. The Morgan fingerprint density at radius 2 is 1.96 bits per heavy atom. The highest BCUT2D eigenvalue weighted by atomic mass is 32.1. The number of hydrogen-bond acceptors (Lipinski definition) is 12. The van der Waals surface area contributed by atoms with Crippen molar-refractivity contribution in [2.45, 2.75) is 82.0 Å². The number of benzene rings is 2. The Hall–Kier alpha value is -4.59. The molecule has 0 N–H and O–H groups in total. The standard InChI is InChI=1S/C38H41F3N6O6S/c1-6-25-26(40)9-8-21-12-24(51-20-49-5)14-29(30(21)25)52-35-42-31-32(45-17-23-13-27(41)28(18-45)47(23)36(48)53-37(2,3)4)43-34(44-33(31)54-35)50-19-38-10-7-11-46(38)16-22(39)15-38/h1,8-9,12,14,22-23,27-28H,7,10-11,13,15-20H2,2-5H3/t22-,23-,27?,28-,38+/m1/s1. The van der Waals surface area contributed by atoms with Gasteiger partial charge in [-0.1, -0.05) is 23.3 Å². The van der Waals surface area contributed by atoms with E-state index >= 15 is 4.39 Å². The van der Waals surface area contributed by atoms with Gasteiger partial charge in [-0.2, -0.15) is 15.0 Å². The van der Waals surface area contributed by atoms with Gasteiger partial charge in [0.2, 0.25) is 0 Å². The Kier molecular flexibility index (Phi) is 9.38. The van der Waals surface area contributed by atoms with Crippen molar-refractivity contribution < 1.29 is 41.7 Å². The first-order valence-corrected chi connectivity index (χ1v) is 18.8. The number of nitrogens with zero attached hydrogens (tertiary/aromatic N) is 6. The van der Waals surface area contributed by atoms with Crippen LogP contribution in [0, 0.1) is 18.2 Å². The number of ether oxygens (including phenoxy) is 5. The number of carbonyl (C=O) groups is 1. The van der Waals surface area contributed by atoms with Crippen LogP contribution >= 0.6 is 11.3 Å². The van der Waals surface area contributed by atoms with Gasteiger partial charge in [0.25, 0.3) is 5.19 Å². The van der Waals surface area contributed by atoms with Gasteiger partial charge in [0, 0.05) is 51.0 Å². The van der Waals surface area contributed by atoms with Crippen molar-refractivity contribution in [2.75, 3.05) is 51.6 Å². The summed E-state index contributed by atoms with van der Waals surface area (Å²) in [4.78, 5) is 33.5. The third-order valence-electron chi connectivity index (χ3n) is 10.5. The molecule has 2 bridgehead atoms. The Bertz CT molecular complexity index is 2140. The number of terminal acetylenes is 1. The second-order valence-corrected chi connectivity index (χ2v) is 16.3. The van der Waals surface area contributed by atoms with Crippen molar-refractivity contribution in [1.82, 2.24) is 24.8 Å². The van der Waals surface area contributed by atoms with Crippen molar-refractivity contribution in [3.05, 3.63) is 35.6 Å². The summed E-state index contributed by atoms with van der Waals surface area (Å²) in [6, 6.07) is 4.93. The number of rotatable bonds is 9. The molecular formula is C38H41F3N6O6S. The van der Waals surface area contributed by atoms with E-state index in [9.17, 15) is 13.6 Å². The first kappa shape index (κ1) is 36.4. The number of hydrogen-bond donors (Lipinski definition) is 0. The largest absolute Gasteiger partial charge is 0.467 e. The van der Waals surface area contributed by atoms with Crippen molar-refractivity contribution in [3.8, 4) is 35.0 Å². The molecular weight excluding hydrogens is 726 g/mol. The molecule has 8 rings (SSSR count). The minimum atomic E-state index is -1.27. The van der Waals surface area contributed by atoms with Gasteiger partial charge >= 0.3 is 12.1 Å². The van der Waals surface area contributed by atoms with Gasteiger partial charge in [-0.15, -0.1) is 6.42 Å². The predicted octanol–water partition coefficient (Wildman–Crippen LogP) is 6.63. The monoisotopic (exact) mass is 766 g/mol. The zero-order chi connectivity index (χ0) is 37.9. The van der Waals surface area contributed by atoms with E-state index in [1.165, 1.54) is 18.1 Å². The Balaban J connectivity index is 1.17. The summed E-state index contributed by atoms with van der Waals surface area (Å²) in [6.07, 6.45) is 5.26. The molecule has 6 heterocycles. The third-order valence-corrected chi connectivity index (χ3v) is 11.4. The van der Waals surface area contributed by atoms with Crippen LogP contribution in [-0.4, -0.2) is 113 Å². The lowest BCUT2D eigenvalue weighted by Gasteiger charge is -2.41. The highest BCUT2D eigenvalue weighted by Crippen LogP contribution is 2.44. The molecule has 0 spiro atoms. The summed E-state index contributed by atoms with van der Waals surface area (Å²) in [5.41, 5.74) is -0.807. The fraction of sp³-hybridized carbons (Fsp3) is 0.526. The van der Waals surface area contributed by atoms with Gasteiger partial charge < -0.3 is 28.6 Å². The minimum Gasteiger partial charge on any atom is -0.467 e. The summed E-state index contributed by atoms with van der Waals surface area (Å²) >= 11 is 1.11. The lowest BCUT2D eigenvalue weighted by Crippen LogP contribution is -2.58. The van der Waals surface area contributed by atoms with Gasteiger partial charge in [0.15, 0.2) is 17.4 Å². The van der Waals surface area contributed by atoms with E-state index in [4.69, 9.17) is 45.1 Å². The summed E-state index contributed by atoms with van der Waals surface area (Å²) < 4.78 is 74.2. The number of fused-ring (bicyclic) bond motifs is 5. The van der Waals surface area contributed by atoms with E-state index in [1.807, 2.05) is 4.90 Å². The fourth-order valence-corrected chi connectivity index (χ4v) is 9.11. The van der Waals surface area contributed by atoms with Crippen molar-refractivity contribution in [1.29, 1.82) is 0 Å². The molecule has 0 radical (unpaired) electrons. The van der Waals surface area contributed by atoms with E-state index < -0.39 is 47.5 Å². The second kappa shape index (κ2) is 13.9. The number of halogens is 3. The van der Waals surface area contributed by atoms with Crippen LogP contribution in [-0.2, 0) is 9.47 Å². The number of alkyl halides is 2. The summed E-state index contributed by atoms with van der Waals surface area (Å²) in [7, 11) is 1.49. The highest BCUT2D eigenvalue weighted by Gasteiger charge is 2.52. The third kappa shape index (κ3) is 6.70. The molecule has 2 aromatic carbocycles. The number of methoxy groups -OCH3 is 1. The zero-order valence-corrected chi connectivity index (χ0v) is 31.3. The smallest absolute Gasteiger partial charge is 0.411 e. The number of piperazine rings is 1. The first-order valence-electron chi connectivity index (χ1n) is 18.0. The Morgan fingerprint density at radius 1 is 1.13 bits per heavy atom. The molecule has 1 amide bonds. The molecule has 4 aliphatic heterocycles. The molecule has 4 fully saturated rings. The lowest BCUT2D eigenvalue weighted by atomic mass is 9.95.